The Morgan fingerprint density at radius 1 is 1.36 bits per heavy atom. The average Bonchev–Trinajstić information content (AvgIpc) is 2.82. The first-order chi connectivity index (χ1) is 6.84. The maximum absolute atomic E-state index is 5.31. The van der Waals surface area contributed by atoms with Gasteiger partial charge in [0.15, 0.2) is 5.11 Å². The lowest BCUT2D eigenvalue weighted by Crippen LogP contribution is -2.37. The number of rotatable bonds is 4. The lowest BCUT2D eigenvalue weighted by molar-refractivity contribution is 0.184. The van der Waals surface area contributed by atoms with Gasteiger partial charge in [0.25, 0.3) is 0 Å². The van der Waals surface area contributed by atoms with Crippen molar-refractivity contribution < 1.29 is 4.74 Å². The van der Waals surface area contributed by atoms with E-state index in [4.69, 9.17) is 17.0 Å². The van der Waals surface area contributed by atoms with Gasteiger partial charge in [0.1, 0.15) is 0 Å². The fraction of sp³-hybridized carbons (Fsp3) is 0.900. The van der Waals surface area contributed by atoms with Crippen molar-refractivity contribution in [1.82, 2.24) is 10.6 Å². The molecular weight excluding hydrogens is 196 g/mol. The quantitative estimate of drug-likeness (QED) is 0.685. The minimum absolute atomic E-state index is 0.657. The molecule has 1 atom stereocenters. The molecule has 1 unspecified atom stereocenters. The SMILES string of the molecule is S=C(NCCC1CCOC1)NC1CC1. The molecule has 1 aliphatic heterocycles. The molecule has 1 heterocycles. The van der Waals surface area contributed by atoms with Crippen molar-refractivity contribution in [2.45, 2.75) is 31.7 Å². The third kappa shape index (κ3) is 3.42. The molecule has 2 N–H and O–H groups in total. The molecule has 0 bridgehead atoms. The monoisotopic (exact) mass is 214 g/mol. The summed E-state index contributed by atoms with van der Waals surface area (Å²) in [5, 5.41) is 7.34. The predicted octanol–water partition coefficient (Wildman–Crippen LogP) is 1.04. The molecule has 2 rings (SSSR count). The second-order valence-electron chi connectivity index (χ2n) is 4.19. The summed E-state index contributed by atoms with van der Waals surface area (Å²) in [6.45, 7) is 2.85. The summed E-state index contributed by atoms with van der Waals surface area (Å²) < 4.78 is 5.31. The van der Waals surface area contributed by atoms with Gasteiger partial charge in [-0.1, -0.05) is 0 Å². The van der Waals surface area contributed by atoms with E-state index in [9.17, 15) is 0 Å². The summed E-state index contributed by atoms with van der Waals surface area (Å²) in [4.78, 5) is 0. The zero-order valence-electron chi connectivity index (χ0n) is 8.42. The van der Waals surface area contributed by atoms with Crippen LogP contribution in [0.25, 0.3) is 0 Å². The van der Waals surface area contributed by atoms with Crippen LogP contribution in [0.2, 0.25) is 0 Å². The van der Waals surface area contributed by atoms with Crippen molar-refractivity contribution in [3.05, 3.63) is 0 Å². The first kappa shape index (κ1) is 10.2. The maximum atomic E-state index is 5.31. The van der Waals surface area contributed by atoms with Crippen molar-refractivity contribution in [3.63, 3.8) is 0 Å². The van der Waals surface area contributed by atoms with Gasteiger partial charge in [-0.25, -0.2) is 0 Å². The predicted molar refractivity (Wildman–Crippen MR) is 60.3 cm³/mol. The summed E-state index contributed by atoms with van der Waals surface area (Å²) in [6, 6.07) is 0.657. The van der Waals surface area contributed by atoms with E-state index in [-0.39, 0.29) is 0 Å². The van der Waals surface area contributed by atoms with Gasteiger partial charge >= 0.3 is 0 Å². The third-order valence-corrected chi connectivity index (χ3v) is 3.04. The van der Waals surface area contributed by atoms with Crippen LogP contribution in [0.15, 0.2) is 0 Å². The Morgan fingerprint density at radius 2 is 2.21 bits per heavy atom. The van der Waals surface area contributed by atoms with Crippen LogP contribution in [-0.4, -0.2) is 30.9 Å². The molecule has 0 aromatic heterocycles. The Bertz CT molecular complexity index is 200. The molecule has 0 amide bonds. The Balaban J connectivity index is 1.50. The van der Waals surface area contributed by atoms with Gasteiger partial charge in [-0.2, -0.15) is 0 Å². The molecule has 0 radical (unpaired) electrons. The Morgan fingerprint density at radius 3 is 2.86 bits per heavy atom. The van der Waals surface area contributed by atoms with Crippen LogP contribution in [0.5, 0.6) is 0 Å². The highest BCUT2D eigenvalue weighted by atomic mass is 32.1. The number of thiocarbonyl (C=S) groups is 1. The van der Waals surface area contributed by atoms with Crippen LogP contribution in [0.1, 0.15) is 25.7 Å². The van der Waals surface area contributed by atoms with E-state index < -0.39 is 0 Å². The minimum Gasteiger partial charge on any atom is -0.381 e. The molecule has 4 heteroatoms. The molecule has 0 aromatic carbocycles. The van der Waals surface area contributed by atoms with E-state index in [1.165, 1.54) is 25.7 Å². The van der Waals surface area contributed by atoms with Gasteiger partial charge in [-0.05, 0) is 43.8 Å². The van der Waals surface area contributed by atoms with Gasteiger partial charge < -0.3 is 15.4 Å². The van der Waals surface area contributed by atoms with Crippen LogP contribution in [0.3, 0.4) is 0 Å². The molecule has 0 aromatic rings. The van der Waals surface area contributed by atoms with Crippen molar-refractivity contribution >= 4 is 17.3 Å². The van der Waals surface area contributed by atoms with Crippen LogP contribution in [0.4, 0.5) is 0 Å². The number of nitrogens with one attached hydrogen (secondary N) is 2. The molecule has 14 heavy (non-hydrogen) atoms. The van der Waals surface area contributed by atoms with Gasteiger partial charge in [0.05, 0.1) is 0 Å². The maximum Gasteiger partial charge on any atom is 0.166 e. The largest absolute Gasteiger partial charge is 0.381 e. The Kier molecular flexibility index (Phi) is 3.59. The molecule has 0 spiro atoms. The summed E-state index contributed by atoms with van der Waals surface area (Å²) >= 11 is 5.16. The first-order valence-electron chi connectivity index (χ1n) is 5.46. The first-order valence-corrected chi connectivity index (χ1v) is 5.87. The second-order valence-corrected chi connectivity index (χ2v) is 4.60. The number of ether oxygens (including phenoxy) is 1. The smallest absolute Gasteiger partial charge is 0.166 e. The van der Waals surface area contributed by atoms with Crippen molar-refractivity contribution in [1.29, 1.82) is 0 Å². The molecular formula is C10H18N2OS. The topological polar surface area (TPSA) is 33.3 Å². The van der Waals surface area contributed by atoms with Crippen LogP contribution in [0, 0.1) is 5.92 Å². The number of hydrogen-bond donors (Lipinski definition) is 2. The molecule has 3 nitrogen and oxygen atoms in total. The lowest BCUT2D eigenvalue weighted by Gasteiger charge is -2.11. The van der Waals surface area contributed by atoms with Gasteiger partial charge in [0.2, 0.25) is 0 Å². The minimum atomic E-state index is 0.657. The van der Waals surface area contributed by atoms with Crippen molar-refractivity contribution in [2.24, 2.45) is 5.92 Å². The summed E-state index contributed by atoms with van der Waals surface area (Å²) in [6.07, 6.45) is 4.94. The van der Waals surface area contributed by atoms with E-state index in [0.29, 0.717) is 6.04 Å². The highest BCUT2D eigenvalue weighted by Crippen LogP contribution is 2.18. The normalized spacial score (nSPS) is 26.1. The Labute approximate surface area is 90.6 Å². The fourth-order valence-electron chi connectivity index (χ4n) is 1.66. The number of hydrogen-bond acceptors (Lipinski definition) is 2. The highest BCUT2D eigenvalue weighted by Gasteiger charge is 2.21. The molecule has 2 aliphatic rings. The van der Waals surface area contributed by atoms with Crippen LogP contribution in [-0.2, 0) is 4.74 Å². The van der Waals surface area contributed by atoms with E-state index >= 15 is 0 Å². The summed E-state index contributed by atoms with van der Waals surface area (Å²) in [5.74, 6) is 0.742. The second kappa shape index (κ2) is 4.94. The van der Waals surface area contributed by atoms with Crippen molar-refractivity contribution in [2.75, 3.05) is 19.8 Å². The average molecular weight is 214 g/mol. The van der Waals surface area contributed by atoms with Gasteiger partial charge in [-0.3, -0.25) is 0 Å². The molecule has 80 valence electrons. The van der Waals surface area contributed by atoms with Gasteiger partial charge in [-0.15, -0.1) is 0 Å². The Hall–Kier alpha value is -0.350. The van der Waals surface area contributed by atoms with E-state index in [0.717, 1.165) is 30.8 Å². The third-order valence-electron chi connectivity index (χ3n) is 2.77. The molecule has 1 aliphatic carbocycles. The summed E-state index contributed by atoms with van der Waals surface area (Å²) in [7, 11) is 0. The van der Waals surface area contributed by atoms with E-state index in [1.54, 1.807) is 0 Å². The molecule has 2 fully saturated rings. The van der Waals surface area contributed by atoms with Crippen LogP contribution < -0.4 is 10.6 Å². The van der Waals surface area contributed by atoms with Crippen molar-refractivity contribution in [3.8, 4) is 0 Å². The zero-order valence-corrected chi connectivity index (χ0v) is 9.24. The lowest BCUT2D eigenvalue weighted by atomic mass is 10.1. The molecule has 1 saturated heterocycles. The van der Waals surface area contributed by atoms with E-state index in [1.807, 2.05) is 0 Å². The summed E-state index contributed by atoms with van der Waals surface area (Å²) in [5.41, 5.74) is 0. The standard InChI is InChI=1S/C10H18N2OS/c14-10(12-9-1-2-9)11-5-3-8-4-6-13-7-8/h8-9H,1-7H2,(H2,11,12,14). The zero-order chi connectivity index (χ0) is 9.80. The van der Waals surface area contributed by atoms with E-state index in [2.05, 4.69) is 10.6 Å². The fourth-order valence-corrected chi connectivity index (χ4v) is 1.93. The molecule has 1 saturated carbocycles. The van der Waals surface area contributed by atoms with Gasteiger partial charge in [0, 0.05) is 25.8 Å². The highest BCUT2D eigenvalue weighted by molar-refractivity contribution is 7.80. The van der Waals surface area contributed by atoms with Crippen LogP contribution >= 0.6 is 12.2 Å².